The number of thiophene rings is 1. The summed E-state index contributed by atoms with van der Waals surface area (Å²) < 4.78 is 1.32. The molecule has 3 heteroatoms. The molecular weight excluding hydrogens is 455 g/mol. The van der Waals surface area contributed by atoms with E-state index in [9.17, 15) is 0 Å². The second-order valence-electron chi connectivity index (χ2n) is 7.16. The van der Waals surface area contributed by atoms with Crippen LogP contribution in [0.4, 0.5) is 0 Å². The molecule has 142 valence electrons. The monoisotopic (exact) mass is 474 g/mol. The van der Waals surface area contributed by atoms with Gasteiger partial charge in [0.25, 0.3) is 0 Å². The van der Waals surface area contributed by atoms with Crippen molar-refractivity contribution in [3.05, 3.63) is 121 Å². The summed E-state index contributed by atoms with van der Waals surface area (Å²) in [6.45, 7) is 0. The van der Waals surface area contributed by atoms with Crippen LogP contribution in [0.5, 0.6) is 0 Å². The Bertz CT molecular complexity index is 1160. The van der Waals surface area contributed by atoms with E-state index in [-0.39, 0.29) is 0 Å². The molecule has 0 radical (unpaired) electrons. The van der Waals surface area contributed by atoms with Gasteiger partial charge in [-0.2, -0.15) is 0 Å². The van der Waals surface area contributed by atoms with E-state index >= 15 is 0 Å². The molecule has 0 nitrogen and oxygen atoms in total. The summed E-state index contributed by atoms with van der Waals surface area (Å²) in [6.07, 6.45) is 0. The molecule has 0 saturated heterocycles. The number of halogens is 1. The molecule has 0 saturated carbocycles. The Morgan fingerprint density at radius 2 is 1.00 bits per heavy atom. The number of fused-ring (bicyclic) bond motifs is 1. The average molecular weight is 475 g/mol. The van der Waals surface area contributed by atoms with E-state index in [1.807, 2.05) is 0 Å². The van der Waals surface area contributed by atoms with Crippen molar-refractivity contribution < 1.29 is 0 Å². The van der Waals surface area contributed by atoms with Gasteiger partial charge in [0.15, 0.2) is 0 Å². The zero-order valence-corrected chi connectivity index (χ0v) is 19.1. The summed E-state index contributed by atoms with van der Waals surface area (Å²) >= 11 is 6.34. The number of hydrogen-bond acceptors (Lipinski definition) is 1. The molecule has 0 unspecified atom stereocenters. The molecule has 4 aromatic carbocycles. The maximum atomic E-state index is 4.53. The summed E-state index contributed by atoms with van der Waals surface area (Å²) in [5.41, 5.74) is 0. The molecule has 0 fully saturated rings. The molecule has 0 atom stereocenters. The Morgan fingerprint density at radius 3 is 1.48 bits per heavy atom. The van der Waals surface area contributed by atoms with E-state index in [0.29, 0.717) is 0 Å². The Labute approximate surface area is 183 Å². The average Bonchev–Trinajstić information content (AvgIpc) is 3.28. The quantitative estimate of drug-likeness (QED) is 0.265. The van der Waals surface area contributed by atoms with Crippen molar-refractivity contribution >= 4 is 63.4 Å². The first-order valence-electron chi connectivity index (χ1n) is 9.60. The molecule has 0 aliphatic rings. The first-order chi connectivity index (χ1) is 14.2. The van der Waals surface area contributed by atoms with Crippen molar-refractivity contribution in [2.24, 2.45) is 0 Å². The van der Waals surface area contributed by atoms with Crippen LogP contribution in [-0.2, 0) is 0 Å². The Hall–Kier alpha value is -2.25. The van der Waals surface area contributed by atoms with Crippen LogP contribution in [0.15, 0.2) is 121 Å². The molecule has 0 aliphatic heterocycles. The van der Waals surface area contributed by atoms with E-state index in [2.05, 4.69) is 136 Å². The predicted octanol–water partition coefficient (Wildman–Crippen LogP) is 6.37. The fourth-order valence-corrected chi connectivity index (χ4v) is 12.6. The van der Waals surface area contributed by atoms with E-state index in [1.54, 1.807) is 11.3 Å². The number of rotatable bonds is 4. The summed E-state index contributed by atoms with van der Waals surface area (Å²) in [7, 11) is 0. The number of hydrogen-bond donors (Lipinski definition) is 0. The van der Waals surface area contributed by atoms with Gasteiger partial charge in [-0.15, -0.1) is 0 Å². The summed E-state index contributed by atoms with van der Waals surface area (Å²) in [5, 5.41) is 5.64. The second-order valence-corrected chi connectivity index (χ2v) is 16.4. The molecule has 5 rings (SSSR count). The van der Waals surface area contributed by atoms with Gasteiger partial charge in [-0.25, -0.2) is 0 Å². The van der Waals surface area contributed by atoms with Gasteiger partial charge in [-0.3, -0.25) is 0 Å². The standard InChI is InChI=1S/C26H20BrPS/c27-28(22-10-4-1-5-11-22,23-12-6-2-7-13-23,24-14-8-3-9-15-24)25-17-16-21-18-19-29-26(21)20-25/h1-20H. The fraction of sp³-hybridized carbons (Fsp3) is 0. The molecule has 0 spiro atoms. The topological polar surface area (TPSA) is 0 Å². The van der Waals surface area contributed by atoms with Crippen LogP contribution in [0.2, 0.25) is 0 Å². The third-order valence-electron chi connectivity index (χ3n) is 5.65. The minimum atomic E-state index is -3.09. The molecule has 5 aromatic rings. The molecular formula is C26H20BrPS. The Morgan fingerprint density at radius 1 is 0.517 bits per heavy atom. The molecule has 1 aromatic heterocycles. The van der Waals surface area contributed by atoms with Crippen molar-refractivity contribution in [3.8, 4) is 0 Å². The second kappa shape index (κ2) is 7.22. The first kappa shape index (κ1) is 18.8. The van der Waals surface area contributed by atoms with Crippen molar-refractivity contribution in [2.75, 3.05) is 0 Å². The molecule has 0 aliphatic carbocycles. The zero-order chi connectivity index (χ0) is 19.8. The van der Waals surface area contributed by atoms with Crippen LogP contribution in [0.3, 0.4) is 0 Å². The van der Waals surface area contributed by atoms with Crippen molar-refractivity contribution in [1.29, 1.82) is 0 Å². The van der Waals surface area contributed by atoms with Gasteiger partial charge in [0.05, 0.1) is 0 Å². The molecule has 1 heterocycles. The summed E-state index contributed by atoms with van der Waals surface area (Å²) in [5.74, 6) is 0. The van der Waals surface area contributed by atoms with Crippen LogP contribution in [0, 0.1) is 0 Å². The SMILES string of the molecule is BrP(c1ccccc1)(c1ccccc1)(c1ccccc1)c1ccc2ccsc2c1. The van der Waals surface area contributed by atoms with E-state index in [0.717, 1.165) is 0 Å². The van der Waals surface area contributed by atoms with E-state index in [1.165, 1.54) is 31.3 Å². The predicted molar refractivity (Wildman–Crippen MR) is 136 cm³/mol. The van der Waals surface area contributed by atoms with Gasteiger partial charge in [0.1, 0.15) is 0 Å². The van der Waals surface area contributed by atoms with Gasteiger partial charge in [-0.1, -0.05) is 0 Å². The molecule has 0 amide bonds. The number of benzene rings is 4. The maximum absolute atomic E-state index is 4.53. The van der Waals surface area contributed by atoms with Crippen LogP contribution in [0.25, 0.3) is 10.1 Å². The Balaban J connectivity index is 2.00. The Kier molecular flexibility index (Phi) is 4.67. The molecule has 0 N–H and O–H groups in total. The summed E-state index contributed by atoms with van der Waals surface area (Å²) in [6, 6.07) is 41.9. The summed E-state index contributed by atoms with van der Waals surface area (Å²) in [4.78, 5) is 0. The van der Waals surface area contributed by atoms with Gasteiger partial charge < -0.3 is 0 Å². The third kappa shape index (κ3) is 2.74. The minimum absolute atomic E-state index is 1.30. The molecule has 29 heavy (non-hydrogen) atoms. The zero-order valence-electron chi connectivity index (χ0n) is 15.8. The van der Waals surface area contributed by atoms with E-state index in [4.69, 9.17) is 0 Å². The van der Waals surface area contributed by atoms with E-state index < -0.39 is 5.31 Å². The van der Waals surface area contributed by atoms with Crippen molar-refractivity contribution in [3.63, 3.8) is 0 Å². The fourth-order valence-electron chi connectivity index (χ4n) is 4.22. The van der Waals surface area contributed by atoms with Crippen LogP contribution < -0.4 is 21.2 Å². The van der Waals surface area contributed by atoms with Crippen molar-refractivity contribution in [2.45, 2.75) is 0 Å². The normalized spacial score (nSPS) is 13.1. The van der Waals surface area contributed by atoms with Gasteiger partial charge in [-0.05, 0) is 0 Å². The van der Waals surface area contributed by atoms with Crippen LogP contribution in [-0.4, -0.2) is 0 Å². The van der Waals surface area contributed by atoms with Crippen LogP contribution in [0.1, 0.15) is 0 Å². The van der Waals surface area contributed by atoms with Crippen molar-refractivity contribution in [1.82, 2.24) is 0 Å². The molecule has 0 bridgehead atoms. The van der Waals surface area contributed by atoms with Crippen LogP contribution >= 0.6 is 32.1 Å². The first-order valence-corrected chi connectivity index (χ1v) is 14.7. The van der Waals surface area contributed by atoms with Gasteiger partial charge >= 0.3 is 184 Å². The van der Waals surface area contributed by atoms with Gasteiger partial charge in [0.2, 0.25) is 0 Å². The third-order valence-corrected chi connectivity index (χ3v) is 16.5. The van der Waals surface area contributed by atoms with Gasteiger partial charge in [0, 0.05) is 0 Å².